The van der Waals surface area contributed by atoms with E-state index < -0.39 is 5.41 Å². The monoisotopic (exact) mass is 232 g/mol. The minimum Gasteiger partial charge on any atom is -0.468 e. The SMILES string of the molecule is CCC1(C(=O)OC)CCC(=O)c2ccccc21. The van der Waals surface area contributed by atoms with Gasteiger partial charge in [0.2, 0.25) is 0 Å². The van der Waals surface area contributed by atoms with Crippen molar-refractivity contribution in [2.45, 2.75) is 31.6 Å². The number of carbonyl (C=O) groups is 2. The number of fused-ring (bicyclic) bond motifs is 1. The lowest BCUT2D eigenvalue weighted by Crippen LogP contribution is -2.41. The summed E-state index contributed by atoms with van der Waals surface area (Å²) < 4.78 is 4.93. The first-order valence-corrected chi connectivity index (χ1v) is 5.87. The van der Waals surface area contributed by atoms with Crippen LogP contribution >= 0.6 is 0 Å². The Kier molecular flexibility index (Phi) is 3.01. The Morgan fingerprint density at radius 2 is 2.12 bits per heavy atom. The molecule has 17 heavy (non-hydrogen) atoms. The van der Waals surface area contributed by atoms with Crippen LogP contribution in [-0.4, -0.2) is 18.9 Å². The highest BCUT2D eigenvalue weighted by Gasteiger charge is 2.44. The van der Waals surface area contributed by atoms with Crippen molar-refractivity contribution in [1.29, 1.82) is 0 Å². The number of benzene rings is 1. The van der Waals surface area contributed by atoms with E-state index in [0.717, 1.165) is 5.56 Å². The summed E-state index contributed by atoms with van der Waals surface area (Å²) in [6, 6.07) is 7.36. The molecule has 1 aromatic rings. The molecule has 0 spiro atoms. The molecule has 1 atom stereocenters. The Morgan fingerprint density at radius 1 is 1.41 bits per heavy atom. The van der Waals surface area contributed by atoms with E-state index in [4.69, 9.17) is 4.74 Å². The summed E-state index contributed by atoms with van der Waals surface area (Å²) in [5.74, 6) is -0.117. The number of Topliss-reactive ketones (excluding diaryl/α,β-unsaturated/α-hetero) is 1. The van der Waals surface area contributed by atoms with Gasteiger partial charge in [-0.25, -0.2) is 0 Å². The minimum atomic E-state index is -0.640. The third kappa shape index (κ3) is 1.66. The molecule has 0 fully saturated rings. The predicted octanol–water partition coefficient (Wildman–Crippen LogP) is 2.48. The lowest BCUT2D eigenvalue weighted by molar-refractivity contribution is -0.148. The number of esters is 1. The summed E-state index contributed by atoms with van der Waals surface area (Å²) in [5, 5.41) is 0. The van der Waals surface area contributed by atoms with E-state index in [1.54, 1.807) is 6.07 Å². The van der Waals surface area contributed by atoms with Crippen molar-refractivity contribution in [3.63, 3.8) is 0 Å². The van der Waals surface area contributed by atoms with Gasteiger partial charge in [0.25, 0.3) is 0 Å². The molecule has 2 rings (SSSR count). The van der Waals surface area contributed by atoms with E-state index in [0.29, 0.717) is 24.8 Å². The van der Waals surface area contributed by atoms with Gasteiger partial charge in [0.05, 0.1) is 12.5 Å². The van der Waals surface area contributed by atoms with Gasteiger partial charge >= 0.3 is 5.97 Å². The lowest BCUT2D eigenvalue weighted by Gasteiger charge is -2.35. The van der Waals surface area contributed by atoms with Crippen LogP contribution in [0.25, 0.3) is 0 Å². The fraction of sp³-hybridized carbons (Fsp3) is 0.429. The summed E-state index contributed by atoms with van der Waals surface area (Å²) >= 11 is 0. The second-order valence-electron chi connectivity index (χ2n) is 4.40. The highest BCUT2D eigenvalue weighted by Crippen LogP contribution is 2.40. The van der Waals surface area contributed by atoms with E-state index >= 15 is 0 Å². The molecule has 0 bridgehead atoms. The van der Waals surface area contributed by atoms with Crippen LogP contribution < -0.4 is 0 Å². The zero-order chi connectivity index (χ0) is 12.5. The standard InChI is InChI=1S/C14H16O3/c1-3-14(13(16)17-2)9-8-12(15)10-6-4-5-7-11(10)14/h4-7H,3,8-9H2,1-2H3. The van der Waals surface area contributed by atoms with Crippen molar-refractivity contribution in [1.82, 2.24) is 0 Å². The molecule has 1 aliphatic carbocycles. The number of ether oxygens (including phenoxy) is 1. The molecule has 0 amide bonds. The molecule has 0 heterocycles. The van der Waals surface area contributed by atoms with Crippen molar-refractivity contribution < 1.29 is 14.3 Å². The van der Waals surface area contributed by atoms with Crippen LogP contribution in [-0.2, 0) is 14.9 Å². The maximum absolute atomic E-state index is 12.1. The van der Waals surface area contributed by atoms with Crippen molar-refractivity contribution in [2.75, 3.05) is 7.11 Å². The minimum absolute atomic E-state index is 0.119. The largest absolute Gasteiger partial charge is 0.468 e. The predicted molar refractivity (Wildman–Crippen MR) is 64.0 cm³/mol. The van der Waals surface area contributed by atoms with Crippen LogP contribution in [0.4, 0.5) is 0 Å². The number of carbonyl (C=O) groups excluding carboxylic acids is 2. The van der Waals surface area contributed by atoms with Crippen molar-refractivity contribution in [3.05, 3.63) is 35.4 Å². The van der Waals surface area contributed by atoms with Gasteiger partial charge in [-0.3, -0.25) is 9.59 Å². The number of hydrogen-bond acceptors (Lipinski definition) is 3. The van der Waals surface area contributed by atoms with Gasteiger partial charge in [0.1, 0.15) is 0 Å². The van der Waals surface area contributed by atoms with Gasteiger partial charge in [0, 0.05) is 12.0 Å². The Bertz CT molecular complexity index is 464. The fourth-order valence-electron chi connectivity index (χ4n) is 2.66. The van der Waals surface area contributed by atoms with E-state index in [9.17, 15) is 9.59 Å². The number of rotatable bonds is 2. The zero-order valence-electron chi connectivity index (χ0n) is 10.2. The first-order valence-electron chi connectivity index (χ1n) is 5.87. The first-order chi connectivity index (χ1) is 8.15. The molecule has 0 radical (unpaired) electrons. The van der Waals surface area contributed by atoms with Gasteiger partial charge in [0.15, 0.2) is 5.78 Å². The van der Waals surface area contributed by atoms with Crippen molar-refractivity contribution >= 4 is 11.8 Å². The molecule has 3 heteroatoms. The van der Waals surface area contributed by atoms with E-state index in [-0.39, 0.29) is 11.8 Å². The quantitative estimate of drug-likeness (QED) is 0.736. The van der Waals surface area contributed by atoms with Gasteiger partial charge in [-0.2, -0.15) is 0 Å². The zero-order valence-corrected chi connectivity index (χ0v) is 10.2. The summed E-state index contributed by atoms with van der Waals surface area (Å²) in [6.07, 6.45) is 1.62. The molecule has 1 unspecified atom stereocenters. The topological polar surface area (TPSA) is 43.4 Å². The smallest absolute Gasteiger partial charge is 0.316 e. The number of hydrogen-bond donors (Lipinski definition) is 0. The maximum atomic E-state index is 12.1. The van der Waals surface area contributed by atoms with Crippen LogP contribution in [0.2, 0.25) is 0 Å². The first kappa shape index (κ1) is 11.8. The molecule has 1 aliphatic rings. The highest BCUT2D eigenvalue weighted by atomic mass is 16.5. The van der Waals surface area contributed by atoms with Crippen LogP contribution in [0.3, 0.4) is 0 Å². The lowest BCUT2D eigenvalue weighted by atomic mass is 9.68. The molecule has 3 nitrogen and oxygen atoms in total. The van der Waals surface area contributed by atoms with Gasteiger partial charge in [-0.15, -0.1) is 0 Å². The van der Waals surface area contributed by atoms with Crippen LogP contribution in [0, 0.1) is 0 Å². The molecule has 0 aliphatic heterocycles. The summed E-state index contributed by atoms with van der Waals surface area (Å²) in [7, 11) is 1.40. The number of methoxy groups -OCH3 is 1. The second kappa shape index (κ2) is 4.32. The van der Waals surface area contributed by atoms with Crippen LogP contribution in [0.15, 0.2) is 24.3 Å². The molecular weight excluding hydrogens is 216 g/mol. The molecule has 1 aromatic carbocycles. The van der Waals surface area contributed by atoms with E-state index in [1.165, 1.54) is 7.11 Å². The third-order valence-electron chi connectivity index (χ3n) is 3.70. The Hall–Kier alpha value is -1.64. The molecule has 0 saturated carbocycles. The average Bonchev–Trinajstić information content (AvgIpc) is 2.39. The second-order valence-corrected chi connectivity index (χ2v) is 4.40. The van der Waals surface area contributed by atoms with E-state index in [2.05, 4.69) is 0 Å². The maximum Gasteiger partial charge on any atom is 0.316 e. The van der Waals surface area contributed by atoms with E-state index in [1.807, 2.05) is 25.1 Å². The fourth-order valence-corrected chi connectivity index (χ4v) is 2.66. The Labute approximate surface area is 101 Å². The highest BCUT2D eigenvalue weighted by molar-refractivity contribution is 6.02. The molecule has 0 N–H and O–H groups in total. The molecule has 0 saturated heterocycles. The molecule has 0 aromatic heterocycles. The average molecular weight is 232 g/mol. The Morgan fingerprint density at radius 3 is 2.76 bits per heavy atom. The normalized spacial score (nSPS) is 23.1. The summed E-state index contributed by atoms with van der Waals surface area (Å²) in [4.78, 5) is 23.9. The van der Waals surface area contributed by atoms with Crippen molar-refractivity contribution in [2.24, 2.45) is 0 Å². The van der Waals surface area contributed by atoms with Crippen LogP contribution in [0.5, 0.6) is 0 Å². The molecular formula is C14H16O3. The number of ketones is 1. The van der Waals surface area contributed by atoms with Crippen LogP contribution in [0.1, 0.15) is 42.1 Å². The Balaban J connectivity index is 2.61. The molecule has 90 valence electrons. The van der Waals surface area contributed by atoms with Gasteiger partial charge in [-0.05, 0) is 18.4 Å². The summed E-state index contributed by atoms with van der Waals surface area (Å²) in [5.41, 5.74) is 0.857. The van der Waals surface area contributed by atoms with Gasteiger partial charge in [-0.1, -0.05) is 31.2 Å². The van der Waals surface area contributed by atoms with Crippen molar-refractivity contribution in [3.8, 4) is 0 Å². The summed E-state index contributed by atoms with van der Waals surface area (Å²) in [6.45, 7) is 1.96. The van der Waals surface area contributed by atoms with Gasteiger partial charge < -0.3 is 4.74 Å². The third-order valence-corrected chi connectivity index (χ3v) is 3.70.